The van der Waals surface area contributed by atoms with Crippen LogP contribution in [0.5, 0.6) is 0 Å². The monoisotopic (exact) mass is 224 g/mol. The van der Waals surface area contributed by atoms with E-state index in [-0.39, 0.29) is 5.91 Å². The van der Waals surface area contributed by atoms with Crippen molar-refractivity contribution >= 4 is 5.91 Å². The van der Waals surface area contributed by atoms with Crippen LogP contribution >= 0.6 is 0 Å². The van der Waals surface area contributed by atoms with Gasteiger partial charge in [0.25, 0.3) is 0 Å². The minimum absolute atomic E-state index is 0.237. The molecule has 1 amide bonds. The Labute approximate surface area is 98.6 Å². The van der Waals surface area contributed by atoms with Crippen molar-refractivity contribution < 1.29 is 4.79 Å². The summed E-state index contributed by atoms with van der Waals surface area (Å²) in [6.45, 7) is 5.09. The maximum atomic E-state index is 11.8. The first-order chi connectivity index (χ1) is 7.74. The molecule has 2 fully saturated rings. The van der Waals surface area contributed by atoms with Gasteiger partial charge in [-0.1, -0.05) is 19.8 Å². The van der Waals surface area contributed by atoms with Crippen molar-refractivity contribution in [3.63, 3.8) is 0 Å². The summed E-state index contributed by atoms with van der Waals surface area (Å²) in [5.41, 5.74) is 0. The highest BCUT2D eigenvalue weighted by Gasteiger charge is 2.21. The van der Waals surface area contributed by atoms with Crippen LogP contribution in [0.25, 0.3) is 0 Å². The second-order valence-corrected chi connectivity index (χ2v) is 5.53. The quantitative estimate of drug-likeness (QED) is 0.792. The highest BCUT2D eigenvalue weighted by Crippen LogP contribution is 2.18. The van der Waals surface area contributed by atoms with Crippen molar-refractivity contribution in [2.24, 2.45) is 5.92 Å². The standard InChI is InChI=1S/C13H24N2O/c1-11-5-4-8-15(9-11)10-13(16)14-12-6-2-3-7-12/h11-12H,2-10H2,1H3,(H,14,16). The van der Waals surface area contributed by atoms with Crippen LogP contribution in [0.15, 0.2) is 0 Å². The van der Waals surface area contributed by atoms with Gasteiger partial charge in [-0.2, -0.15) is 0 Å². The van der Waals surface area contributed by atoms with Crippen molar-refractivity contribution in [3.05, 3.63) is 0 Å². The summed E-state index contributed by atoms with van der Waals surface area (Å²) < 4.78 is 0. The van der Waals surface area contributed by atoms with Gasteiger partial charge in [0.2, 0.25) is 5.91 Å². The van der Waals surface area contributed by atoms with Crippen LogP contribution in [0, 0.1) is 5.92 Å². The lowest BCUT2D eigenvalue weighted by atomic mass is 10.0. The van der Waals surface area contributed by atoms with Gasteiger partial charge in [0.15, 0.2) is 0 Å². The first kappa shape index (κ1) is 11.9. The van der Waals surface area contributed by atoms with Crippen molar-refractivity contribution in [2.45, 2.75) is 51.5 Å². The predicted molar refractivity (Wildman–Crippen MR) is 65.2 cm³/mol. The van der Waals surface area contributed by atoms with Crippen LogP contribution in [-0.2, 0) is 4.79 Å². The number of likely N-dealkylation sites (tertiary alicyclic amines) is 1. The second-order valence-electron chi connectivity index (χ2n) is 5.53. The average Bonchev–Trinajstić information content (AvgIpc) is 2.70. The molecule has 3 heteroatoms. The number of amides is 1. The molecule has 1 heterocycles. The molecule has 1 atom stereocenters. The maximum Gasteiger partial charge on any atom is 0.234 e. The number of carbonyl (C=O) groups excluding carboxylic acids is 1. The van der Waals surface area contributed by atoms with Crippen molar-refractivity contribution in [1.82, 2.24) is 10.2 Å². The molecule has 0 aromatic carbocycles. The molecule has 2 rings (SSSR count). The molecule has 92 valence electrons. The summed E-state index contributed by atoms with van der Waals surface area (Å²) in [6.07, 6.45) is 7.50. The van der Waals surface area contributed by atoms with Gasteiger partial charge in [-0.15, -0.1) is 0 Å². The number of piperidine rings is 1. The predicted octanol–water partition coefficient (Wildman–Crippen LogP) is 1.78. The molecule has 1 saturated heterocycles. The van der Waals surface area contributed by atoms with Crippen molar-refractivity contribution in [2.75, 3.05) is 19.6 Å². The van der Waals surface area contributed by atoms with E-state index in [1.54, 1.807) is 0 Å². The Balaban J connectivity index is 1.69. The Morgan fingerprint density at radius 2 is 2.00 bits per heavy atom. The van der Waals surface area contributed by atoms with E-state index in [2.05, 4.69) is 17.1 Å². The molecular weight excluding hydrogens is 200 g/mol. The molecule has 0 aromatic rings. The number of hydrogen-bond donors (Lipinski definition) is 1. The van der Waals surface area contributed by atoms with Gasteiger partial charge in [-0.25, -0.2) is 0 Å². The largest absolute Gasteiger partial charge is 0.352 e. The molecule has 0 radical (unpaired) electrons. The van der Waals surface area contributed by atoms with Gasteiger partial charge in [-0.05, 0) is 38.1 Å². The Hall–Kier alpha value is -0.570. The highest BCUT2D eigenvalue weighted by atomic mass is 16.2. The number of nitrogens with one attached hydrogen (secondary N) is 1. The molecule has 16 heavy (non-hydrogen) atoms. The Kier molecular flexibility index (Phi) is 4.22. The smallest absolute Gasteiger partial charge is 0.234 e. The second kappa shape index (κ2) is 5.67. The molecule has 1 unspecified atom stereocenters. The van der Waals surface area contributed by atoms with E-state index in [1.807, 2.05) is 0 Å². The molecule has 2 aliphatic rings. The Morgan fingerprint density at radius 1 is 1.25 bits per heavy atom. The van der Waals surface area contributed by atoms with Gasteiger partial charge in [0, 0.05) is 12.6 Å². The summed E-state index contributed by atoms with van der Waals surface area (Å²) in [6, 6.07) is 0.467. The zero-order valence-corrected chi connectivity index (χ0v) is 10.4. The van der Waals surface area contributed by atoms with Gasteiger partial charge < -0.3 is 5.32 Å². The van der Waals surface area contributed by atoms with Crippen LogP contribution in [-0.4, -0.2) is 36.5 Å². The van der Waals surface area contributed by atoms with Crippen LogP contribution in [0.1, 0.15) is 45.4 Å². The number of hydrogen-bond acceptors (Lipinski definition) is 2. The van der Waals surface area contributed by atoms with E-state index < -0.39 is 0 Å². The van der Waals surface area contributed by atoms with E-state index in [0.717, 1.165) is 19.0 Å². The zero-order chi connectivity index (χ0) is 11.4. The summed E-state index contributed by atoms with van der Waals surface area (Å²) in [5, 5.41) is 3.16. The maximum absolute atomic E-state index is 11.8. The molecule has 1 aliphatic heterocycles. The first-order valence-corrected chi connectivity index (χ1v) is 6.76. The summed E-state index contributed by atoms with van der Waals surface area (Å²) >= 11 is 0. The van der Waals surface area contributed by atoms with E-state index in [4.69, 9.17) is 0 Å². The third kappa shape index (κ3) is 3.48. The molecule has 0 bridgehead atoms. The fourth-order valence-electron chi connectivity index (χ4n) is 2.98. The van der Waals surface area contributed by atoms with Crippen LogP contribution in [0.4, 0.5) is 0 Å². The van der Waals surface area contributed by atoms with Gasteiger partial charge in [-0.3, -0.25) is 9.69 Å². The first-order valence-electron chi connectivity index (χ1n) is 6.76. The van der Waals surface area contributed by atoms with Gasteiger partial charge in [0.05, 0.1) is 6.54 Å². The third-order valence-corrected chi connectivity index (χ3v) is 3.83. The SMILES string of the molecule is CC1CCCN(CC(=O)NC2CCCC2)C1. The van der Waals surface area contributed by atoms with E-state index in [1.165, 1.54) is 38.5 Å². The highest BCUT2D eigenvalue weighted by molar-refractivity contribution is 5.78. The lowest BCUT2D eigenvalue weighted by Crippen LogP contribution is -2.44. The van der Waals surface area contributed by atoms with Crippen LogP contribution < -0.4 is 5.32 Å². The van der Waals surface area contributed by atoms with E-state index >= 15 is 0 Å². The fraction of sp³-hybridized carbons (Fsp3) is 0.923. The Bertz CT molecular complexity index is 236. The van der Waals surface area contributed by atoms with Gasteiger partial charge in [0.1, 0.15) is 0 Å². The molecule has 1 saturated carbocycles. The summed E-state index contributed by atoms with van der Waals surface area (Å²) in [4.78, 5) is 14.1. The number of carbonyl (C=O) groups is 1. The lowest BCUT2D eigenvalue weighted by Gasteiger charge is -2.30. The molecule has 1 aliphatic carbocycles. The van der Waals surface area contributed by atoms with E-state index in [9.17, 15) is 4.79 Å². The molecule has 3 nitrogen and oxygen atoms in total. The third-order valence-electron chi connectivity index (χ3n) is 3.83. The average molecular weight is 224 g/mol. The topological polar surface area (TPSA) is 32.3 Å². The van der Waals surface area contributed by atoms with Gasteiger partial charge >= 0.3 is 0 Å². The number of rotatable bonds is 3. The van der Waals surface area contributed by atoms with Crippen molar-refractivity contribution in [3.8, 4) is 0 Å². The fourth-order valence-corrected chi connectivity index (χ4v) is 2.98. The Morgan fingerprint density at radius 3 is 2.69 bits per heavy atom. The minimum atomic E-state index is 0.237. The molecule has 1 N–H and O–H groups in total. The summed E-state index contributed by atoms with van der Waals surface area (Å²) in [5.74, 6) is 0.994. The zero-order valence-electron chi connectivity index (χ0n) is 10.4. The van der Waals surface area contributed by atoms with Crippen LogP contribution in [0.2, 0.25) is 0 Å². The lowest BCUT2D eigenvalue weighted by molar-refractivity contribution is -0.123. The minimum Gasteiger partial charge on any atom is -0.352 e. The normalized spacial score (nSPS) is 28.2. The number of nitrogens with zero attached hydrogens (tertiary/aromatic N) is 1. The van der Waals surface area contributed by atoms with Crippen molar-refractivity contribution in [1.29, 1.82) is 0 Å². The molecule has 0 aromatic heterocycles. The molecule has 0 spiro atoms. The molecular formula is C13H24N2O. The van der Waals surface area contributed by atoms with Crippen LogP contribution in [0.3, 0.4) is 0 Å². The van der Waals surface area contributed by atoms with E-state index in [0.29, 0.717) is 12.6 Å². The summed E-state index contributed by atoms with van der Waals surface area (Å²) in [7, 11) is 0.